The van der Waals surface area contributed by atoms with E-state index in [-0.39, 0.29) is 11.8 Å². The maximum absolute atomic E-state index is 12.2. The van der Waals surface area contributed by atoms with Crippen LogP contribution in [0.4, 0.5) is 0 Å². The normalized spacial score (nSPS) is 14.6. The van der Waals surface area contributed by atoms with Gasteiger partial charge in [0, 0.05) is 5.92 Å². The van der Waals surface area contributed by atoms with Crippen LogP contribution >= 0.6 is 0 Å². The number of ether oxygens (including phenoxy) is 2. The van der Waals surface area contributed by atoms with E-state index in [0.717, 1.165) is 31.2 Å². The third-order valence-corrected chi connectivity index (χ3v) is 4.76. The van der Waals surface area contributed by atoms with Gasteiger partial charge in [-0.25, -0.2) is 10.2 Å². The Morgan fingerprint density at radius 3 is 2.50 bits per heavy atom. The third-order valence-electron chi connectivity index (χ3n) is 4.76. The lowest BCUT2D eigenvalue weighted by Crippen LogP contribution is -2.28. The van der Waals surface area contributed by atoms with Gasteiger partial charge < -0.3 is 9.47 Å². The van der Waals surface area contributed by atoms with Crippen LogP contribution in [0.1, 0.15) is 48.0 Å². The number of nitrogens with zero attached hydrogens (tertiary/aromatic N) is 1. The predicted octanol–water partition coefficient (Wildman–Crippen LogP) is 3.94. The molecule has 146 valence electrons. The molecule has 0 atom stereocenters. The smallest absolute Gasteiger partial charge is 0.343 e. The maximum Gasteiger partial charge on any atom is 0.343 e. The first-order chi connectivity index (χ1) is 13.7. The molecule has 0 bridgehead atoms. The van der Waals surface area contributed by atoms with Gasteiger partial charge in [0.1, 0.15) is 0 Å². The van der Waals surface area contributed by atoms with Gasteiger partial charge in [-0.15, -0.1) is 0 Å². The molecular formula is C22H24N2O4. The number of methoxy groups -OCH3 is 1. The van der Waals surface area contributed by atoms with E-state index in [0.29, 0.717) is 17.1 Å². The summed E-state index contributed by atoms with van der Waals surface area (Å²) in [6.45, 7) is 0. The van der Waals surface area contributed by atoms with Gasteiger partial charge in [0.2, 0.25) is 5.91 Å². The molecule has 0 spiro atoms. The van der Waals surface area contributed by atoms with Gasteiger partial charge in [-0.1, -0.05) is 37.5 Å². The zero-order chi connectivity index (χ0) is 19.8. The molecule has 28 heavy (non-hydrogen) atoms. The number of esters is 1. The summed E-state index contributed by atoms with van der Waals surface area (Å²) in [5, 5.41) is 4.04. The molecule has 1 amide bonds. The molecule has 0 radical (unpaired) electrons. The van der Waals surface area contributed by atoms with Crippen molar-refractivity contribution in [1.82, 2.24) is 5.43 Å². The highest BCUT2D eigenvalue weighted by Crippen LogP contribution is 2.28. The first kappa shape index (κ1) is 19.6. The fourth-order valence-electron chi connectivity index (χ4n) is 3.21. The number of amides is 1. The molecule has 0 heterocycles. The van der Waals surface area contributed by atoms with Gasteiger partial charge in [0.05, 0.1) is 18.9 Å². The summed E-state index contributed by atoms with van der Waals surface area (Å²) in [5.41, 5.74) is 3.79. The van der Waals surface area contributed by atoms with Crippen LogP contribution < -0.4 is 14.9 Å². The van der Waals surface area contributed by atoms with Gasteiger partial charge in [0.25, 0.3) is 0 Å². The predicted molar refractivity (Wildman–Crippen MR) is 107 cm³/mol. The zero-order valence-corrected chi connectivity index (χ0v) is 15.9. The molecule has 1 fully saturated rings. The van der Waals surface area contributed by atoms with Crippen LogP contribution in [0.15, 0.2) is 53.6 Å². The first-order valence-corrected chi connectivity index (χ1v) is 9.45. The van der Waals surface area contributed by atoms with Crippen LogP contribution in [-0.4, -0.2) is 25.2 Å². The lowest BCUT2D eigenvalue weighted by atomic mass is 9.89. The first-order valence-electron chi connectivity index (χ1n) is 9.45. The summed E-state index contributed by atoms with van der Waals surface area (Å²) in [5.74, 6) is 0.295. The summed E-state index contributed by atoms with van der Waals surface area (Å²) >= 11 is 0. The molecule has 6 heteroatoms. The van der Waals surface area contributed by atoms with E-state index in [9.17, 15) is 9.59 Å². The lowest BCUT2D eigenvalue weighted by Gasteiger charge is -2.19. The number of hydrazone groups is 1. The molecule has 0 saturated heterocycles. The van der Waals surface area contributed by atoms with Crippen LogP contribution in [0.3, 0.4) is 0 Å². The Morgan fingerprint density at radius 1 is 1.04 bits per heavy atom. The quantitative estimate of drug-likeness (QED) is 0.356. The maximum atomic E-state index is 12.2. The highest BCUT2D eigenvalue weighted by atomic mass is 16.6. The van der Waals surface area contributed by atoms with Crippen molar-refractivity contribution in [1.29, 1.82) is 0 Å². The minimum atomic E-state index is -0.458. The summed E-state index contributed by atoms with van der Waals surface area (Å²) in [7, 11) is 1.50. The van der Waals surface area contributed by atoms with Crippen LogP contribution in [-0.2, 0) is 4.79 Å². The topological polar surface area (TPSA) is 77.0 Å². The van der Waals surface area contributed by atoms with E-state index >= 15 is 0 Å². The van der Waals surface area contributed by atoms with Crippen molar-refractivity contribution in [2.75, 3.05) is 7.11 Å². The highest BCUT2D eigenvalue weighted by molar-refractivity contribution is 5.91. The van der Waals surface area contributed by atoms with Gasteiger partial charge in [-0.3, -0.25) is 4.79 Å². The van der Waals surface area contributed by atoms with E-state index in [4.69, 9.17) is 9.47 Å². The van der Waals surface area contributed by atoms with Crippen molar-refractivity contribution in [2.24, 2.45) is 11.0 Å². The number of hydrogen-bond acceptors (Lipinski definition) is 5. The fraction of sp³-hybridized carbons (Fsp3) is 0.318. The van der Waals surface area contributed by atoms with E-state index in [1.54, 1.807) is 48.7 Å². The van der Waals surface area contributed by atoms with Gasteiger partial charge in [-0.2, -0.15) is 5.10 Å². The van der Waals surface area contributed by atoms with E-state index in [1.807, 2.05) is 6.07 Å². The summed E-state index contributed by atoms with van der Waals surface area (Å²) in [6.07, 6.45) is 6.80. The Hall–Kier alpha value is -3.15. The second kappa shape index (κ2) is 9.69. The van der Waals surface area contributed by atoms with Crippen LogP contribution in [0.25, 0.3) is 0 Å². The van der Waals surface area contributed by atoms with Gasteiger partial charge >= 0.3 is 5.97 Å². The lowest BCUT2D eigenvalue weighted by molar-refractivity contribution is -0.125. The second-order valence-electron chi connectivity index (χ2n) is 6.74. The Labute approximate surface area is 164 Å². The largest absolute Gasteiger partial charge is 0.493 e. The Balaban J connectivity index is 1.62. The van der Waals surface area contributed by atoms with E-state index in [2.05, 4.69) is 10.5 Å². The number of hydrogen-bond donors (Lipinski definition) is 1. The Kier molecular flexibility index (Phi) is 6.78. The van der Waals surface area contributed by atoms with Crippen molar-refractivity contribution in [2.45, 2.75) is 32.1 Å². The van der Waals surface area contributed by atoms with E-state index in [1.165, 1.54) is 13.5 Å². The molecule has 0 unspecified atom stereocenters. The Morgan fingerprint density at radius 2 is 1.79 bits per heavy atom. The summed E-state index contributed by atoms with van der Waals surface area (Å²) < 4.78 is 10.7. The summed E-state index contributed by atoms with van der Waals surface area (Å²) in [4.78, 5) is 24.3. The molecule has 2 aromatic rings. The van der Waals surface area contributed by atoms with Gasteiger partial charge in [-0.05, 0) is 48.7 Å². The molecule has 1 aliphatic rings. The minimum Gasteiger partial charge on any atom is -0.493 e. The molecule has 1 aliphatic carbocycles. The van der Waals surface area contributed by atoms with Crippen molar-refractivity contribution in [3.63, 3.8) is 0 Å². The van der Waals surface area contributed by atoms with Crippen molar-refractivity contribution < 1.29 is 19.1 Å². The molecule has 2 aromatic carbocycles. The average Bonchev–Trinajstić information content (AvgIpc) is 2.75. The molecule has 1 N–H and O–H groups in total. The number of carbonyl (C=O) groups is 2. The highest BCUT2D eigenvalue weighted by Gasteiger charge is 2.20. The SMILES string of the molecule is COc1cc(/C=N/NC(=O)C2CCCCC2)ccc1OC(=O)c1ccccc1. The van der Waals surface area contributed by atoms with E-state index < -0.39 is 5.97 Å². The zero-order valence-electron chi connectivity index (χ0n) is 15.9. The number of nitrogens with one attached hydrogen (secondary N) is 1. The third kappa shape index (κ3) is 5.19. The molecule has 6 nitrogen and oxygen atoms in total. The molecule has 0 aliphatic heterocycles. The van der Waals surface area contributed by atoms with Crippen LogP contribution in [0, 0.1) is 5.92 Å². The van der Waals surface area contributed by atoms with Gasteiger partial charge in [0.15, 0.2) is 11.5 Å². The molecule has 1 saturated carbocycles. The van der Waals surface area contributed by atoms with Crippen LogP contribution in [0.5, 0.6) is 11.5 Å². The number of rotatable bonds is 6. The number of benzene rings is 2. The van der Waals surface area contributed by atoms with Crippen LogP contribution in [0.2, 0.25) is 0 Å². The Bertz CT molecular complexity index is 843. The van der Waals surface area contributed by atoms with Crippen molar-refractivity contribution >= 4 is 18.1 Å². The second-order valence-corrected chi connectivity index (χ2v) is 6.74. The molecular weight excluding hydrogens is 356 g/mol. The van der Waals surface area contributed by atoms with Crippen molar-refractivity contribution in [3.05, 3.63) is 59.7 Å². The minimum absolute atomic E-state index is 0.0312. The monoisotopic (exact) mass is 380 g/mol. The summed E-state index contributed by atoms with van der Waals surface area (Å²) in [6, 6.07) is 13.8. The van der Waals surface area contributed by atoms with Crippen molar-refractivity contribution in [3.8, 4) is 11.5 Å². The standard InChI is InChI=1S/C22H24N2O4/c1-27-20-14-16(15-23-24-21(25)17-8-4-2-5-9-17)12-13-19(20)28-22(26)18-10-6-3-7-11-18/h3,6-7,10-15,17H,2,4-5,8-9H2,1H3,(H,24,25)/b23-15+. The molecule has 3 rings (SSSR count). The molecule has 0 aromatic heterocycles. The fourth-order valence-corrected chi connectivity index (χ4v) is 3.21. The average molecular weight is 380 g/mol. The number of carbonyl (C=O) groups excluding carboxylic acids is 2.